The van der Waals surface area contributed by atoms with Crippen LogP contribution in [0.1, 0.15) is 13.3 Å². The first-order valence-electron chi connectivity index (χ1n) is 6.10. The SMILES string of the molecule is COCCNC(=O)C(C)NC(=O)NCCC(O)C(=O)O. The summed E-state index contributed by atoms with van der Waals surface area (Å²) in [6.07, 6.45) is -1.64. The molecule has 5 N–H and O–H groups in total. The van der Waals surface area contributed by atoms with Crippen molar-refractivity contribution in [1.29, 1.82) is 0 Å². The Bertz CT molecular complexity index is 336. The number of carbonyl (C=O) groups is 3. The smallest absolute Gasteiger partial charge is 0.332 e. The molecule has 20 heavy (non-hydrogen) atoms. The lowest BCUT2D eigenvalue weighted by Gasteiger charge is -2.15. The average Bonchev–Trinajstić information content (AvgIpc) is 2.38. The first-order chi connectivity index (χ1) is 9.38. The van der Waals surface area contributed by atoms with Crippen LogP contribution < -0.4 is 16.0 Å². The third-order valence-corrected chi connectivity index (χ3v) is 2.33. The molecule has 3 amide bonds. The molecule has 0 rings (SSSR count). The number of carbonyl (C=O) groups excluding carboxylic acids is 2. The fraction of sp³-hybridized carbons (Fsp3) is 0.727. The minimum atomic E-state index is -1.52. The van der Waals surface area contributed by atoms with E-state index in [9.17, 15) is 14.4 Å². The van der Waals surface area contributed by atoms with Gasteiger partial charge in [0.25, 0.3) is 0 Å². The number of hydrogen-bond acceptors (Lipinski definition) is 5. The molecule has 0 aromatic rings. The molecule has 116 valence electrons. The van der Waals surface area contributed by atoms with Gasteiger partial charge < -0.3 is 30.9 Å². The molecule has 9 heteroatoms. The number of aliphatic carboxylic acids is 1. The van der Waals surface area contributed by atoms with E-state index in [2.05, 4.69) is 16.0 Å². The molecule has 0 heterocycles. The van der Waals surface area contributed by atoms with Crippen LogP contribution >= 0.6 is 0 Å². The molecule has 0 aromatic carbocycles. The first-order valence-corrected chi connectivity index (χ1v) is 6.10. The van der Waals surface area contributed by atoms with Crippen molar-refractivity contribution < 1.29 is 29.3 Å². The molecule has 0 bridgehead atoms. The van der Waals surface area contributed by atoms with E-state index in [0.29, 0.717) is 13.2 Å². The Hall–Kier alpha value is -1.87. The minimum Gasteiger partial charge on any atom is -0.479 e. The monoisotopic (exact) mass is 291 g/mol. The second-order valence-corrected chi connectivity index (χ2v) is 4.05. The van der Waals surface area contributed by atoms with Gasteiger partial charge in [0.2, 0.25) is 5.91 Å². The van der Waals surface area contributed by atoms with Crippen molar-refractivity contribution in [3.8, 4) is 0 Å². The van der Waals surface area contributed by atoms with Crippen molar-refractivity contribution in [3.05, 3.63) is 0 Å². The average molecular weight is 291 g/mol. The molecule has 0 spiro atoms. The van der Waals surface area contributed by atoms with E-state index in [-0.39, 0.29) is 18.9 Å². The number of carboxylic acid groups (broad SMARTS) is 1. The Kier molecular flexibility index (Phi) is 9.05. The normalized spacial score (nSPS) is 13.2. The van der Waals surface area contributed by atoms with Crippen molar-refractivity contribution in [1.82, 2.24) is 16.0 Å². The molecule has 0 fully saturated rings. The Morgan fingerprint density at radius 1 is 1.20 bits per heavy atom. The predicted octanol–water partition coefficient (Wildman–Crippen LogP) is -1.73. The van der Waals surface area contributed by atoms with Gasteiger partial charge in [-0.3, -0.25) is 4.79 Å². The molecular formula is C11H21N3O6. The summed E-state index contributed by atoms with van der Waals surface area (Å²) in [5.41, 5.74) is 0. The summed E-state index contributed by atoms with van der Waals surface area (Å²) in [7, 11) is 1.51. The summed E-state index contributed by atoms with van der Waals surface area (Å²) in [6.45, 7) is 2.20. The van der Waals surface area contributed by atoms with Crippen LogP contribution in [0.5, 0.6) is 0 Å². The Labute approximate surface area is 116 Å². The maximum absolute atomic E-state index is 11.5. The molecule has 0 saturated carbocycles. The highest BCUT2D eigenvalue weighted by Gasteiger charge is 2.16. The summed E-state index contributed by atoms with van der Waals surface area (Å²) in [5, 5.41) is 24.7. The van der Waals surface area contributed by atoms with Crippen LogP contribution in [0.4, 0.5) is 4.79 Å². The highest BCUT2D eigenvalue weighted by Crippen LogP contribution is 1.89. The van der Waals surface area contributed by atoms with Gasteiger partial charge >= 0.3 is 12.0 Å². The number of carboxylic acids is 1. The number of urea groups is 1. The molecule has 0 saturated heterocycles. The molecule has 0 aliphatic rings. The van der Waals surface area contributed by atoms with E-state index < -0.39 is 24.1 Å². The molecule has 0 aromatic heterocycles. The number of methoxy groups -OCH3 is 1. The highest BCUT2D eigenvalue weighted by atomic mass is 16.5. The fourth-order valence-corrected chi connectivity index (χ4v) is 1.19. The van der Waals surface area contributed by atoms with E-state index in [1.54, 1.807) is 0 Å². The van der Waals surface area contributed by atoms with Gasteiger partial charge in [0, 0.05) is 26.6 Å². The van der Waals surface area contributed by atoms with Gasteiger partial charge in [-0.25, -0.2) is 9.59 Å². The quantitative estimate of drug-likeness (QED) is 0.320. The van der Waals surface area contributed by atoms with Crippen LogP contribution in [-0.2, 0) is 14.3 Å². The topological polar surface area (TPSA) is 137 Å². The maximum Gasteiger partial charge on any atom is 0.332 e. The summed E-state index contributed by atoms with van der Waals surface area (Å²) in [5.74, 6) is -1.71. The Balaban J connectivity index is 3.84. The summed E-state index contributed by atoms with van der Waals surface area (Å²) in [4.78, 5) is 33.2. The molecule has 9 nitrogen and oxygen atoms in total. The molecule has 2 unspecified atom stereocenters. The zero-order chi connectivity index (χ0) is 15.5. The number of aliphatic hydroxyl groups excluding tert-OH is 1. The van der Waals surface area contributed by atoms with Gasteiger partial charge in [0.05, 0.1) is 6.61 Å². The van der Waals surface area contributed by atoms with E-state index in [1.807, 2.05) is 0 Å². The molecule has 0 aliphatic heterocycles. The third kappa shape index (κ3) is 8.27. The Morgan fingerprint density at radius 3 is 2.40 bits per heavy atom. The lowest BCUT2D eigenvalue weighted by Crippen LogP contribution is -2.49. The molecular weight excluding hydrogens is 270 g/mol. The molecule has 2 atom stereocenters. The van der Waals surface area contributed by atoms with Crippen molar-refractivity contribution in [2.75, 3.05) is 26.8 Å². The zero-order valence-electron chi connectivity index (χ0n) is 11.5. The van der Waals surface area contributed by atoms with Gasteiger partial charge in [-0.2, -0.15) is 0 Å². The van der Waals surface area contributed by atoms with E-state index in [0.717, 1.165) is 0 Å². The number of hydrogen-bond donors (Lipinski definition) is 5. The number of ether oxygens (including phenoxy) is 1. The standard InChI is InChI=1S/C11H21N3O6/c1-7(9(16)12-5-6-20-2)14-11(19)13-4-3-8(15)10(17)18/h7-8,15H,3-6H2,1-2H3,(H,12,16)(H,17,18)(H2,13,14,19). The summed E-state index contributed by atoms with van der Waals surface area (Å²) >= 11 is 0. The van der Waals surface area contributed by atoms with Gasteiger partial charge in [-0.15, -0.1) is 0 Å². The minimum absolute atomic E-state index is 0.0166. The largest absolute Gasteiger partial charge is 0.479 e. The second kappa shape index (κ2) is 9.98. The number of rotatable bonds is 9. The fourth-order valence-electron chi connectivity index (χ4n) is 1.19. The third-order valence-electron chi connectivity index (χ3n) is 2.33. The van der Waals surface area contributed by atoms with Crippen LogP contribution in [0.25, 0.3) is 0 Å². The molecule has 0 aliphatic carbocycles. The number of nitrogens with one attached hydrogen (secondary N) is 3. The summed E-state index contributed by atoms with van der Waals surface area (Å²) in [6, 6.07) is -1.35. The van der Waals surface area contributed by atoms with Crippen molar-refractivity contribution in [3.63, 3.8) is 0 Å². The van der Waals surface area contributed by atoms with Crippen molar-refractivity contribution in [2.24, 2.45) is 0 Å². The van der Waals surface area contributed by atoms with Crippen LogP contribution in [0.2, 0.25) is 0 Å². The predicted molar refractivity (Wildman–Crippen MR) is 69.1 cm³/mol. The number of aliphatic hydroxyl groups is 1. The zero-order valence-corrected chi connectivity index (χ0v) is 11.5. The van der Waals surface area contributed by atoms with Crippen molar-refractivity contribution in [2.45, 2.75) is 25.5 Å². The second-order valence-electron chi connectivity index (χ2n) is 4.05. The number of amides is 3. The lowest BCUT2D eigenvalue weighted by atomic mass is 10.2. The van der Waals surface area contributed by atoms with E-state index in [4.69, 9.17) is 14.9 Å². The van der Waals surface area contributed by atoms with Gasteiger partial charge in [0.15, 0.2) is 6.10 Å². The van der Waals surface area contributed by atoms with Crippen LogP contribution in [0.3, 0.4) is 0 Å². The van der Waals surface area contributed by atoms with E-state index in [1.165, 1.54) is 14.0 Å². The van der Waals surface area contributed by atoms with Crippen LogP contribution in [-0.4, -0.2) is 67.1 Å². The molecule has 0 radical (unpaired) electrons. The van der Waals surface area contributed by atoms with Gasteiger partial charge in [-0.05, 0) is 6.92 Å². The summed E-state index contributed by atoms with van der Waals surface area (Å²) < 4.78 is 4.76. The highest BCUT2D eigenvalue weighted by molar-refractivity contribution is 5.86. The van der Waals surface area contributed by atoms with Crippen molar-refractivity contribution >= 4 is 17.9 Å². The van der Waals surface area contributed by atoms with Gasteiger partial charge in [0.1, 0.15) is 6.04 Å². The first kappa shape index (κ1) is 18.1. The van der Waals surface area contributed by atoms with Crippen LogP contribution in [0.15, 0.2) is 0 Å². The maximum atomic E-state index is 11.5. The van der Waals surface area contributed by atoms with Gasteiger partial charge in [-0.1, -0.05) is 0 Å². The lowest BCUT2D eigenvalue weighted by molar-refractivity contribution is -0.146. The van der Waals surface area contributed by atoms with E-state index >= 15 is 0 Å². The van der Waals surface area contributed by atoms with Crippen LogP contribution in [0, 0.1) is 0 Å². The Morgan fingerprint density at radius 2 is 1.85 bits per heavy atom.